The first kappa shape index (κ1) is 21.7. The molecule has 2 atom stereocenters. The van der Waals surface area contributed by atoms with Gasteiger partial charge in [-0.15, -0.1) is 0 Å². The van der Waals surface area contributed by atoms with Crippen LogP contribution in [0.3, 0.4) is 0 Å². The minimum absolute atomic E-state index is 0.220. The lowest BCUT2D eigenvalue weighted by atomic mass is 9.85. The van der Waals surface area contributed by atoms with Crippen molar-refractivity contribution in [3.05, 3.63) is 35.4 Å². The molecule has 1 heterocycles. The predicted molar refractivity (Wildman–Crippen MR) is 94.5 cm³/mol. The molecule has 28 heavy (non-hydrogen) atoms. The van der Waals surface area contributed by atoms with Gasteiger partial charge >= 0.3 is 12.1 Å². The number of amides is 2. The molecule has 1 fully saturated rings. The Hall–Kier alpha value is -2.58. The molecule has 1 aliphatic rings. The fourth-order valence-corrected chi connectivity index (χ4v) is 3.24. The first-order chi connectivity index (χ1) is 12.8. The third-order valence-corrected chi connectivity index (χ3v) is 4.69. The quantitative estimate of drug-likeness (QED) is 0.814. The summed E-state index contributed by atoms with van der Waals surface area (Å²) in [5.74, 6) is -2.80. The van der Waals surface area contributed by atoms with Gasteiger partial charge in [0.15, 0.2) is 0 Å². The molecule has 0 saturated carbocycles. The zero-order valence-corrected chi connectivity index (χ0v) is 15.8. The highest BCUT2D eigenvalue weighted by molar-refractivity contribution is 5.99. The van der Waals surface area contributed by atoms with E-state index in [0.717, 1.165) is 12.1 Å². The van der Waals surface area contributed by atoms with E-state index in [0.29, 0.717) is 12.8 Å². The number of nitrogens with zero attached hydrogens (tertiary/aromatic N) is 1. The minimum atomic E-state index is -4.72. The molecule has 154 valence electrons. The molecule has 0 unspecified atom stereocenters. The summed E-state index contributed by atoms with van der Waals surface area (Å²) < 4.78 is 39.6. The molecule has 6 nitrogen and oxygen atoms in total. The Morgan fingerprint density at radius 3 is 2.32 bits per heavy atom. The van der Waals surface area contributed by atoms with Crippen LogP contribution in [-0.4, -0.2) is 46.4 Å². The number of carbonyl (C=O) groups excluding carboxylic acids is 2. The second kappa shape index (κ2) is 7.81. The number of nitrogens with one attached hydrogen (secondary N) is 1. The number of halogens is 3. The van der Waals surface area contributed by atoms with Crippen LogP contribution >= 0.6 is 0 Å². The van der Waals surface area contributed by atoms with E-state index in [1.807, 2.05) is 0 Å². The highest BCUT2D eigenvalue weighted by Crippen LogP contribution is 2.32. The van der Waals surface area contributed by atoms with Crippen LogP contribution in [0.2, 0.25) is 0 Å². The van der Waals surface area contributed by atoms with E-state index in [-0.39, 0.29) is 6.54 Å². The second-order valence-electron chi connectivity index (χ2n) is 7.84. The molecule has 2 rings (SSSR count). The summed E-state index contributed by atoms with van der Waals surface area (Å²) in [6.07, 6.45) is -3.92. The van der Waals surface area contributed by atoms with E-state index < -0.39 is 52.6 Å². The van der Waals surface area contributed by atoms with Crippen LogP contribution in [0.25, 0.3) is 0 Å². The largest absolute Gasteiger partial charge is 0.480 e. The van der Waals surface area contributed by atoms with Gasteiger partial charge in [0.25, 0.3) is 5.91 Å². The van der Waals surface area contributed by atoms with Gasteiger partial charge in [-0.2, -0.15) is 13.2 Å². The van der Waals surface area contributed by atoms with Crippen LogP contribution in [0.4, 0.5) is 13.2 Å². The van der Waals surface area contributed by atoms with Crippen LogP contribution in [0.15, 0.2) is 24.3 Å². The predicted octanol–water partition coefficient (Wildman–Crippen LogP) is 2.93. The Balaban J connectivity index is 2.33. The molecule has 1 aromatic rings. The number of alkyl halides is 3. The summed E-state index contributed by atoms with van der Waals surface area (Å²) in [5.41, 5.74) is -2.53. The monoisotopic (exact) mass is 400 g/mol. The van der Waals surface area contributed by atoms with Crippen molar-refractivity contribution in [2.75, 3.05) is 6.54 Å². The zero-order chi connectivity index (χ0) is 21.3. The summed E-state index contributed by atoms with van der Waals surface area (Å²) in [4.78, 5) is 38.1. The van der Waals surface area contributed by atoms with Crippen molar-refractivity contribution < 1.29 is 32.7 Å². The van der Waals surface area contributed by atoms with E-state index in [1.165, 1.54) is 17.0 Å². The number of likely N-dealkylation sites (tertiary alicyclic amines) is 1. The first-order valence-corrected chi connectivity index (χ1v) is 8.84. The fraction of sp³-hybridized carbons (Fsp3) is 0.526. The summed E-state index contributed by atoms with van der Waals surface area (Å²) in [5, 5.41) is 11.7. The molecular formula is C19H23F3N2O4. The van der Waals surface area contributed by atoms with Crippen molar-refractivity contribution in [2.45, 2.75) is 51.9 Å². The van der Waals surface area contributed by atoms with E-state index in [2.05, 4.69) is 5.32 Å². The summed E-state index contributed by atoms with van der Waals surface area (Å²) >= 11 is 0. The van der Waals surface area contributed by atoms with Crippen molar-refractivity contribution in [3.8, 4) is 0 Å². The molecule has 9 heteroatoms. The molecule has 2 N–H and O–H groups in total. The Kier molecular flexibility index (Phi) is 6.06. The molecule has 1 aliphatic heterocycles. The zero-order valence-electron chi connectivity index (χ0n) is 15.8. The maximum Gasteiger partial charge on any atom is 0.417 e. The number of hydrogen-bond acceptors (Lipinski definition) is 3. The lowest BCUT2D eigenvalue weighted by molar-refractivity contribution is -0.150. The van der Waals surface area contributed by atoms with Gasteiger partial charge in [-0.25, -0.2) is 4.79 Å². The number of aliphatic carboxylic acids is 1. The molecule has 0 aliphatic carbocycles. The highest BCUT2D eigenvalue weighted by atomic mass is 19.4. The average molecular weight is 400 g/mol. The third kappa shape index (κ3) is 4.63. The third-order valence-electron chi connectivity index (χ3n) is 4.69. The molecule has 1 saturated heterocycles. The summed E-state index contributed by atoms with van der Waals surface area (Å²) in [6, 6.07) is 2.13. The van der Waals surface area contributed by atoms with Crippen molar-refractivity contribution in [1.29, 1.82) is 0 Å². The number of hydrogen-bond donors (Lipinski definition) is 2. The minimum Gasteiger partial charge on any atom is -0.480 e. The molecule has 0 spiro atoms. The SMILES string of the molecule is CC(C)(C)[C@H](NC(=O)c1ccccc1C(F)(F)F)C(=O)N1CCC[C@H]1C(=O)O. The normalized spacial score (nSPS) is 18.6. The molecule has 0 radical (unpaired) electrons. The van der Waals surface area contributed by atoms with Gasteiger partial charge in [0.1, 0.15) is 12.1 Å². The topological polar surface area (TPSA) is 86.7 Å². The lowest BCUT2D eigenvalue weighted by Gasteiger charge is -2.35. The molecule has 1 aromatic carbocycles. The van der Waals surface area contributed by atoms with Gasteiger partial charge in [-0.1, -0.05) is 32.9 Å². The van der Waals surface area contributed by atoms with Gasteiger partial charge in [0, 0.05) is 6.54 Å². The fourth-order valence-electron chi connectivity index (χ4n) is 3.24. The van der Waals surface area contributed by atoms with E-state index in [4.69, 9.17) is 0 Å². The Morgan fingerprint density at radius 2 is 1.79 bits per heavy atom. The Bertz CT molecular complexity index is 771. The number of carboxylic acid groups (broad SMARTS) is 1. The van der Waals surface area contributed by atoms with Crippen molar-refractivity contribution in [1.82, 2.24) is 10.2 Å². The van der Waals surface area contributed by atoms with E-state index in [9.17, 15) is 32.7 Å². The standard InChI is InChI=1S/C19H23F3N2O4/c1-18(2,3)14(16(26)24-10-6-9-13(24)17(27)28)23-15(25)11-7-4-5-8-12(11)19(20,21)22/h4-5,7-8,13-14H,6,9-10H2,1-3H3,(H,23,25)(H,27,28)/t13-,14+/m0/s1. The number of carbonyl (C=O) groups is 3. The van der Waals surface area contributed by atoms with Crippen molar-refractivity contribution >= 4 is 17.8 Å². The van der Waals surface area contributed by atoms with E-state index >= 15 is 0 Å². The highest BCUT2D eigenvalue weighted by Gasteiger charge is 2.43. The van der Waals surface area contributed by atoms with Crippen LogP contribution in [0.1, 0.15) is 49.5 Å². The maximum absolute atomic E-state index is 13.2. The Labute approximate surface area is 160 Å². The van der Waals surface area contributed by atoms with Gasteiger partial charge in [-0.05, 0) is 30.4 Å². The van der Waals surface area contributed by atoms with Gasteiger partial charge in [-0.3, -0.25) is 9.59 Å². The first-order valence-electron chi connectivity index (χ1n) is 8.84. The number of benzene rings is 1. The van der Waals surface area contributed by atoms with Gasteiger partial charge in [0.05, 0.1) is 11.1 Å². The van der Waals surface area contributed by atoms with Crippen LogP contribution in [-0.2, 0) is 15.8 Å². The number of carboxylic acids is 1. The molecule has 0 aromatic heterocycles. The number of rotatable bonds is 4. The second-order valence-corrected chi connectivity index (χ2v) is 7.84. The van der Waals surface area contributed by atoms with Crippen molar-refractivity contribution in [2.24, 2.45) is 5.41 Å². The summed E-state index contributed by atoms with van der Waals surface area (Å²) in [7, 11) is 0. The van der Waals surface area contributed by atoms with Crippen LogP contribution < -0.4 is 5.32 Å². The smallest absolute Gasteiger partial charge is 0.417 e. The van der Waals surface area contributed by atoms with E-state index in [1.54, 1.807) is 20.8 Å². The van der Waals surface area contributed by atoms with Crippen LogP contribution in [0, 0.1) is 5.41 Å². The molecule has 0 bridgehead atoms. The Morgan fingerprint density at radius 1 is 1.18 bits per heavy atom. The lowest BCUT2D eigenvalue weighted by Crippen LogP contribution is -2.56. The van der Waals surface area contributed by atoms with Crippen LogP contribution in [0.5, 0.6) is 0 Å². The van der Waals surface area contributed by atoms with Gasteiger partial charge in [0.2, 0.25) is 5.91 Å². The molecule has 2 amide bonds. The summed E-state index contributed by atoms with van der Waals surface area (Å²) in [6.45, 7) is 5.17. The molecular weight excluding hydrogens is 377 g/mol. The van der Waals surface area contributed by atoms with Gasteiger partial charge < -0.3 is 15.3 Å². The maximum atomic E-state index is 13.2. The average Bonchev–Trinajstić information content (AvgIpc) is 3.07. The van der Waals surface area contributed by atoms with Crippen molar-refractivity contribution in [3.63, 3.8) is 0 Å².